The summed E-state index contributed by atoms with van der Waals surface area (Å²) < 4.78 is 26.8. The first-order valence-electron chi connectivity index (χ1n) is 5.92. The van der Waals surface area contributed by atoms with E-state index in [1.165, 1.54) is 0 Å². The van der Waals surface area contributed by atoms with E-state index in [-0.39, 0.29) is 42.2 Å². The normalized spacial score (nSPS) is 19.8. The van der Waals surface area contributed by atoms with Crippen LogP contribution in [-0.4, -0.2) is 38.5 Å². The van der Waals surface area contributed by atoms with Crippen LogP contribution in [0.25, 0.3) is 0 Å². The Morgan fingerprint density at radius 3 is 2.33 bits per heavy atom. The third kappa shape index (κ3) is 6.02. The average molecular weight is 300 g/mol. The van der Waals surface area contributed by atoms with Crippen LogP contribution in [0.15, 0.2) is 0 Å². The summed E-state index contributed by atoms with van der Waals surface area (Å²) in [6, 6.07) is 0. The minimum Gasteiger partial charge on any atom is -0.460 e. The summed E-state index contributed by atoms with van der Waals surface area (Å²) in [5.74, 6) is 0.215. The van der Waals surface area contributed by atoms with Gasteiger partial charge in [-0.1, -0.05) is 13.8 Å². The maximum absolute atomic E-state index is 11.5. The van der Waals surface area contributed by atoms with Gasteiger partial charge in [0.1, 0.15) is 6.10 Å². The van der Waals surface area contributed by atoms with Crippen LogP contribution in [-0.2, 0) is 19.4 Å². The quantitative estimate of drug-likeness (QED) is 0.732. The highest BCUT2D eigenvalue weighted by Gasteiger charge is 2.36. The molecule has 1 fully saturated rings. The number of esters is 1. The van der Waals surface area contributed by atoms with Crippen molar-refractivity contribution in [2.24, 2.45) is 17.6 Å². The van der Waals surface area contributed by atoms with E-state index in [1.807, 2.05) is 0 Å². The highest BCUT2D eigenvalue weighted by Crippen LogP contribution is 2.18. The predicted octanol–water partition coefficient (Wildman–Crippen LogP) is 0.760. The molecule has 1 heterocycles. The fourth-order valence-electron chi connectivity index (χ4n) is 1.98. The number of sulfone groups is 1. The lowest BCUT2D eigenvalue weighted by atomic mass is 9.94. The van der Waals surface area contributed by atoms with Crippen LogP contribution in [0.4, 0.5) is 0 Å². The maximum atomic E-state index is 11.5. The van der Waals surface area contributed by atoms with E-state index in [0.29, 0.717) is 12.5 Å². The largest absolute Gasteiger partial charge is 0.460 e. The van der Waals surface area contributed by atoms with Gasteiger partial charge in [0.05, 0.1) is 11.5 Å². The van der Waals surface area contributed by atoms with Crippen LogP contribution in [0.3, 0.4) is 0 Å². The number of rotatable bonds is 6. The van der Waals surface area contributed by atoms with Crippen LogP contribution >= 0.6 is 12.4 Å². The molecule has 1 saturated heterocycles. The molecule has 108 valence electrons. The van der Waals surface area contributed by atoms with Crippen molar-refractivity contribution >= 4 is 28.2 Å². The van der Waals surface area contributed by atoms with Gasteiger partial charge >= 0.3 is 5.97 Å². The molecule has 1 rings (SSSR count). The fraction of sp³-hybridized carbons (Fsp3) is 0.909. The van der Waals surface area contributed by atoms with Crippen LogP contribution in [0.5, 0.6) is 0 Å². The lowest BCUT2D eigenvalue weighted by molar-refractivity contribution is -0.148. The number of carbonyl (C=O) groups is 1. The standard InChI is InChI=1S/C11H21NO4S.ClH/c1-8(2)3-9(5-12)4-11(13)16-10-6-17(14,15)7-10;/h8-10H,3-7,12H2,1-2H3;1H/t9-;/m0./s1. The zero-order valence-corrected chi connectivity index (χ0v) is 12.4. The smallest absolute Gasteiger partial charge is 0.306 e. The zero-order valence-electron chi connectivity index (χ0n) is 10.8. The Morgan fingerprint density at radius 2 is 1.94 bits per heavy atom. The van der Waals surface area contributed by atoms with Crippen molar-refractivity contribution in [2.45, 2.75) is 32.8 Å². The predicted molar refractivity (Wildman–Crippen MR) is 72.4 cm³/mol. The first kappa shape index (κ1) is 17.7. The van der Waals surface area contributed by atoms with E-state index in [0.717, 1.165) is 6.42 Å². The van der Waals surface area contributed by atoms with Gasteiger partial charge in [-0.25, -0.2) is 8.42 Å². The number of ether oxygens (including phenoxy) is 1. The summed E-state index contributed by atoms with van der Waals surface area (Å²) in [6.45, 7) is 4.61. The van der Waals surface area contributed by atoms with Gasteiger partial charge in [0.2, 0.25) is 0 Å². The lowest BCUT2D eigenvalue weighted by Crippen LogP contribution is -2.44. The Labute approximate surface area is 115 Å². The molecule has 0 spiro atoms. The van der Waals surface area contributed by atoms with E-state index in [2.05, 4.69) is 13.8 Å². The molecular weight excluding hydrogens is 278 g/mol. The van der Waals surface area contributed by atoms with E-state index < -0.39 is 15.9 Å². The molecule has 0 radical (unpaired) electrons. The third-order valence-corrected chi connectivity index (χ3v) is 4.53. The molecule has 0 amide bonds. The maximum Gasteiger partial charge on any atom is 0.306 e. The molecule has 0 bridgehead atoms. The summed E-state index contributed by atoms with van der Waals surface area (Å²) in [5, 5.41) is 0. The minimum atomic E-state index is -2.93. The molecule has 1 atom stereocenters. The number of hydrogen-bond donors (Lipinski definition) is 1. The molecule has 7 heteroatoms. The third-order valence-electron chi connectivity index (χ3n) is 2.77. The molecule has 1 aliphatic rings. The summed E-state index contributed by atoms with van der Waals surface area (Å²) in [6.07, 6.45) is 0.727. The van der Waals surface area contributed by atoms with Crippen molar-refractivity contribution in [2.75, 3.05) is 18.1 Å². The number of carbonyl (C=O) groups excluding carboxylic acids is 1. The van der Waals surface area contributed by atoms with Gasteiger partial charge in [-0.05, 0) is 24.8 Å². The highest BCUT2D eigenvalue weighted by atomic mass is 35.5. The molecule has 0 unspecified atom stereocenters. The Hall–Kier alpha value is -0.330. The van der Waals surface area contributed by atoms with Crippen molar-refractivity contribution < 1.29 is 17.9 Å². The molecule has 2 N–H and O–H groups in total. The summed E-state index contributed by atoms with van der Waals surface area (Å²) in [5.41, 5.74) is 5.59. The van der Waals surface area contributed by atoms with Gasteiger partial charge in [0.15, 0.2) is 9.84 Å². The molecule has 0 aromatic heterocycles. The number of hydrogen-bond acceptors (Lipinski definition) is 5. The molecule has 18 heavy (non-hydrogen) atoms. The molecule has 0 aromatic carbocycles. The monoisotopic (exact) mass is 299 g/mol. The van der Waals surface area contributed by atoms with Crippen LogP contribution in [0, 0.1) is 11.8 Å². The number of halogens is 1. The van der Waals surface area contributed by atoms with Gasteiger partial charge in [-0.15, -0.1) is 12.4 Å². The summed E-state index contributed by atoms with van der Waals surface area (Å²) in [4.78, 5) is 11.5. The molecular formula is C11H22ClNO4S. The van der Waals surface area contributed by atoms with Crippen LogP contribution < -0.4 is 5.73 Å². The van der Waals surface area contributed by atoms with E-state index >= 15 is 0 Å². The lowest BCUT2D eigenvalue weighted by Gasteiger charge is -2.26. The fourth-order valence-corrected chi connectivity index (χ4v) is 3.16. The minimum absolute atomic E-state index is 0. The Balaban J connectivity index is 0.00000289. The van der Waals surface area contributed by atoms with E-state index in [4.69, 9.17) is 10.5 Å². The molecule has 0 aliphatic carbocycles. The van der Waals surface area contributed by atoms with E-state index in [9.17, 15) is 13.2 Å². The van der Waals surface area contributed by atoms with Gasteiger partial charge in [0.25, 0.3) is 0 Å². The van der Waals surface area contributed by atoms with Crippen molar-refractivity contribution in [3.05, 3.63) is 0 Å². The SMILES string of the molecule is CC(C)C[C@H](CN)CC(=O)OC1CS(=O)(=O)C1.Cl. The molecule has 1 aliphatic heterocycles. The topological polar surface area (TPSA) is 86.5 Å². The van der Waals surface area contributed by atoms with Crippen molar-refractivity contribution in [3.63, 3.8) is 0 Å². The van der Waals surface area contributed by atoms with Crippen molar-refractivity contribution in [1.82, 2.24) is 0 Å². The van der Waals surface area contributed by atoms with Gasteiger partial charge in [-0.2, -0.15) is 0 Å². The average Bonchev–Trinajstić information content (AvgIpc) is 2.12. The second-order valence-electron chi connectivity index (χ2n) is 5.12. The Morgan fingerprint density at radius 1 is 1.39 bits per heavy atom. The molecule has 0 saturated carbocycles. The Kier molecular flexibility index (Phi) is 7.17. The van der Waals surface area contributed by atoms with Crippen LogP contribution in [0.1, 0.15) is 26.7 Å². The second-order valence-corrected chi connectivity index (χ2v) is 7.28. The summed E-state index contributed by atoms with van der Waals surface area (Å²) in [7, 11) is -2.93. The highest BCUT2D eigenvalue weighted by molar-refractivity contribution is 7.92. The second kappa shape index (κ2) is 7.31. The van der Waals surface area contributed by atoms with Gasteiger partial charge < -0.3 is 10.5 Å². The van der Waals surface area contributed by atoms with E-state index in [1.54, 1.807) is 0 Å². The number of nitrogens with two attached hydrogens (primary N) is 1. The summed E-state index contributed by atoms with van der Waals surface area (Å²) >= 11 is 0. The van der Waals surface area contributed by atoms with Crippen molar-refractivity contribution in [1.29, 1.82) is 0 Å². The van der Waals surface area contributed by atoms with Crippen LogP contribution in [0.2, 0.25) is 0 Å². The first-order valence-corrected chi connectivity index (χ1v) is 7.74. The zero-order chi connectivity index (χ0) is 13.1. The molecule has 5 nitrogen and oxygen atoms in total. The molecule has 0 aromatic rings. The first-order chi connectivity index (χ1) is 7.82. The van der Waals surface area contributed by atoms with Gasteiger partial charge in [0, 0.05) is 6.42 Å². The Bertz CT molecular complexity index is 357. The van der Waals surface area contributed by atoms with Gasteiger partial charge in [-0.3, -0.25) is 4.79 Å². The van der Waals surface area contributed by atoms with Crippen molar-refractivity contribution in [3.8, 4) is 0 Å².